The summed E-state index contributed by atoms with van der Waals surface area (Å²) in [6.07, 6.45) is 2.14. The Kier molecular flexibility index (Phi) is 10.4. The molecule has 0 aliphatic rings. The lowest BCUT2D eigenvalue weighted by Gasteiger charge is -2.25. The highest BCUT2D eigenvalue weighted by Crippen LogP contribution is 2.05. The van der Waals surface area contributed by atoms with Crippen LogP contribution in [0.25, 0.3) is 0 Å². The van der Waals surface area contributed by atoms with Crippen molar-refractivity contribution < 1.29 is 18.8 Å². The van der Waals surface area contributed by atoms with Crippen LogP contribution in [0.15, 0.2) is 0 Å². The second-order valence-electron chi connectivity index (χ2n) is 3.77. The molecule has 0 saturated carbocycles. The van der Waals surface area contributed by atoms with Gasteiger partial charge in [0, 0.05) is 25.4 Å². The van der Waals surface area contributed by atoms with Crippen LogP contribution in [0.4, 0.5) is 0 Å². The number of hydrogen-bond donors (Lipinski definition) is 2. The molecule has 102 valence electrons. The largest absolute Gasteiger partial charge is 0.481 e. The summed E-state index contributed by atoms with van der Waals surface area (Å²) in [6.45, 7) is 7.80. The summed E-state index contributed by atoms with van der Waals surface area (Å²) in [7, 11) is -1.73. The van der Waals surface area contributed by atoms with E-state index in [4.69, 9.17) is 14.0 Å². The van der Waals surface area contributed by atoms with Gasteiger partial charge in [0.1, 0.15) is 0 Å². The number of carboxylic acids is 1. The van der Waals surface area contributed by atoms with Gasteiger partial charge in [-0.05, 0) is 20.3 Å². The third kappa shape index (κ3) is 8.31. The Hall–Kier alpha value is -0.433. The molecule has 1 unspecified atom stereocenters. The van der Waals surface area contributed by atoms with Gasteiger partial charge in [0.2, 0.25) is 0 Å². The van der Waals surface area contributed by atoms with E-state index in [-0.39, 0.29) is 12.1 Å². The van der Waals surface area contributed by atoms with Crippen molar-refractivity contribution in [1.82, 2.24) is 5.32 Å². The van der Waals surface area contributed by atoms with Crippen molar-refractivity contribution in [2.75, 3.05) is 19.8 Å². The molecule has 0 fully saturated rings. The van der Waals surface area contributed by atoms with Gasteiger partial charge in [-0.1, -0.05) is 13.3 Å². The minimum atomic E-state index is -1.73. The third-order valence-electron chi connectivity index (χ3n) is 2.34. The average molecular weight is 263 g/mol. The van der Waals surface area contributed by atoms with Crippen LogP contribution < -0.4 is 5.32 Å². The second kappa shape index (κ2) is 10.7. The van der Waals surface area contributed by atoms with Crippen molar-refractivity contribution in [2.24, 2.45) is 0 Å². The topological polar surface area (TPSA) is 67.8 Å². The van der Waals surface area contributed by atoms with Gasteiger partial charge < -0.3 is 19.3 Å². The summed E-state index contributed by atoms with van der Waals surface area (Å²) in [4.78, 5) is 10.5. The van der Waals surface area contributed by atoms with E-state index in [1.54, 1.807) is 0 Å². The maximum Gasteiger partial charge on any atom is 0.338 e. The zero-order valence-electron chi connectivity index (χ0n) is 11.1. The van der Waals surface area contributed by atoms with Gasteiger partial charge in [-0.3, -0.25) is 4.79 Å². The fraction of sp³-hybridized carbons (Fsp3) is 0.909. The average Bonchev–Trinajstić information content (AvgIpc) is 2.27. The van der Waals surface area contributed by atoms with Gasteiger partial charge in [0.25, 0.3) is 0 Å². The highest BCUT2D eigenvalue weighted by atomic mass is 28.3. The van der Waals surface area contributed by atoms with E-state index < -0.39 is 15.3 Å². The minimum absolute atomic E-state index is 0.138. The first-order chi connectivity index (χ1) is 8.15. The summed E-state index contributed by atoms with van der Waals surface area (Å²) in [6, 6.07) is 0. The summed E-state index contributed by atoms with van der Waals surface area (Å²) >= 11 is 0. The van der Waals surface area contributed by atoms with Crippen molar-refractivity contribution in [3.05, 3.63) is 0 Å². The minimum Gasteiger partial charge on any atom is -0.481 e. The highest BCUT2D eigenvalue weighted by Gasteiger charge is 2.24. The van der Waals surface area contributed by atoms with Crippen molar-refractivity contribution in [3.8, 4) is 0 Å². The Labute approximate surface area is 105 Å². The maximum atomic E-state index is 10.5. The highest BCUT2D eigenvalue weighted by molar-refractivity contribution is 6.46. The van der Waals surface area contributed by atoms with Gasteiger partial charge in [-0.15, -0.1) is 0 Å². The molecule has 0 heterocycles. The van der Waals surface area contributed by atoms with Crippen LogP contribution in [-0.4, -0.2) is 45.8 Å². The zero-order valence-corrected chi connectivity index (χ0v) is 12.2. The molecule has 0 spiro atoms. The van der Waals surface area contributed by atoms with Gasteiger partial charge in [-0.25, -0.2) is 0 Å². The zero-order chi connectivity index (χ0) is 13.1. The van der Waals surface area contributed by atoms with Crippen molar-refractivity contribution in [2.45, 2.75) is 45.7 Å². The Balaban J connectivity index is 4.17. The maximum absolute atomic E-state index is 10.5. The van der Waals surface area contributed by atoms with Crippen LogP contribution in [0, 0.1) is 0 Å². The van der Waals surface area contributed by atoms with E-state index in [0.717, 1.165) is 12.8 Å². The van der Waals surface area contributed by atoms with Gasteiger partial charge in [-0.2, -0.15) is 0 Å². The predicted octanol–water partition coefficient (Wildman–Crippen LogP) is 1.05. The van der Waals surface area contributed by atoms with Gasteiger partial charge in [0.15, 0.2) is 0 Å². The van der Waals surface area contributed by atoms with Crippen molar-refractivity contribution >= 4 is 15.3 Å². The Bertz CT molecular complexity index is 198. The molecular formula is C11H25NO4Si. The molecule has 0 radical (unpaired) electrons. The van der Waals surface area contributed by atoms with Crippen LogP contribution >= 0.6 is 0 Å². The number of nitrogens with one attached hydrogen (secondary N) is 1. The number of aliphatic carboxylic acids is 1. The molecule has 6 heteroatoms. The van der Waals surface area contributed by atoms with Crippen molar-refractivity contribution in [3.63, 3.8) is 0 Å². The molecule has 0 aromatic rings. The third-order valence-corrected chi connectivity index (χ3v) is 4.89. The quantitative estimate of drug-likeness (QED) is 0.545. The molecule has 2 N–H and O–H groups in total. The Morgan fingerprint density at radius 2 is 1.88 bits per heavy atom. The van der Waals surface area contributed by atoms with E-state index in [2.05, 4.69) is 12.2 Å². The molecule has 0 rings (SSSR count). The van der Waals surface area contributed by atoms with E-state index in [1.165, 1.54) is 0 Å². The van der Waals surface area contributed by atoms with E-state index >= 15 is 0 Å². The Morgan fingerprint density at radius 3 is 2.29 bits per heavy atom. The summed E-state index contributed by atoms with van der Waals surface area (Å²) < 4.78 is 11.3. The molecule has 0 aliphatic carbocycles. The first kappa shape index (κ1) is 16.6. The fourth-order valence-electron chi connectivity index (χ4n) is 1.62. The first-order valence-corrected chi connectivity index (χ1v) is 7.94. The van der Waals surface area contributed by atoms with Crippen LogP contribution in [0.1, 0.15) is 40.0 Å². The lowest BCUT2D eigenvalue weighted by Crippen LogP contribution is -2.47. The molecule has 1 atom stereocenters. The van der Waals surface area contributed by atoms with Gasteiger partial charge >= 0.3 is 15.3 Å². The summed E-state index contributed by atoms with van der Waals surface area (Å²) in [5.74, 6) is -0.779. The summed E-state index contributed by atoms with van der Waals surface area (Å²) in [5, 5.41) is 11.9. The Morgan fingerprint density at radius 1 is 1.29 bits per heavy atom. The molecule has 17 heavy (non-hydrogen) atoms. The summed E-state index contributed by atoms with van der Waals surface area (Å²) in [5.41, 5.74) is 0.194. The van der Waals surface area contributed by atoms with E-state index in [1.807, 2.05) is 13.8 Å². The predicted molar refractivity (Wildman–Crippen MR) is 69.4 cm³/mol. The molecule has 0 saturated heterocycles. The SMILES string of the molecule is CCCC(NCCC(=O)O)[SiH](OCC)OCC. The lowest BCUT2D eigenvalue weighted by molar-refractivity contribution is -0.136. The van der Waals surface area contributed by atoms with E-state index in [0.29, 0.717) is 19.8 Å². The normalized spacial score (nSPS) is 12.9. The lowest BCUT2D eigenvalue weighted by atomic mass is 10.3. The smallest absolute Gasteiger partial charge is 0.338 e. The van der Waals surface area contributed by atoms with Crippen LogP contribution in [0.2, 0.25) is 0 Å². The molecule has 0 aromatic carbocycles. The number of carboxylic acid groups (broad SMARTS) is 1. The monoisotopic (exact) mass is 263 g/mol. The van der Waals surface area contributed by atoms with Crippen molar-refractivity contribution in [1.29, 1.82) is 0 Å². The first-order valence-electron chi connectivity index (χ1n) is 6.34. The molecule has 0 bridgehead atoms. The number of hydrogen-bond acceptors (Lipinski definition) is 4. The number of carbonyl (C=O) groups is 1. The van der Waals surface area contributed by atoms with Gasteiger partial charge in [0.05, 0.1) is 6.42 Å². The molecule has 0 aromatic heterocycles. The van der Waals surface area contributed by atoms with Crippen LogP contribution in [0.3, 0.4) is 0 Å². The molecule has 0 aliphatic heterocycles. The molecule has 0 amide bonds. The van der Waals surface area contributed by atoms with Crippen LogP contribution in [-0.2, 0) is 13.6 Å². The standard InChI is InChI=1S/C11H25NO4Si/c1-4-7-10(12-9-8-11(13)14)17(15-5-2)16-6-3/h10,12,17H,4-9H2,1-3H3,(H,13,14). The molecule has 5 nitrogen and oxygen atoms in total. The number of rotatable bonds is 11. The second-order valence-corrected chi connectivity index (χ2v) is 5.98. The fourth-order valence-corrected chi connectivity index (χ4v) is 3.80. The molecular weight excluding hydrogens is 238 g/mol. The van der Waals surface area contributed by atoms with Crippen LogP contribution in [0.5, 0.6) is 0 Å². The van der Waals surface area contributed by atoms with E-state index in [9.17, 15) is 4.79 Å².